The van der Waals surface area contributed by atoms with Crippen LogP contribution < -0.4 is 4.74 Å². The zero-order chi connectivity index (χ0) is 17.4. The number of rotatable bonds is 3. The molecule has 2 saturated heterocycles. The van der Waals surface area contributed by atoms with Crippen LogP contribution in [0.2, 0.25) is 10.0 Å². The summed E-state index contributed by atoms with van der Waals surface area (Å²) >= 11 is 12.1. The Morgan fingerprint density at radius 3 is 2.46 bits per heavy atom. The molecule has 24 heavy (non-hydrogen) atoms. The summed E-state index contributed by atoms with van der Waals surface area (Å²) in [5.74, 6) is -0.192. The number of hydrogen-bond donors (Lipinski definition) is 0. The van der Waals surface area contributed by atoms with Gasteiger partial charge in [0.05, 0.1) is 18.2 Å². The lowest BCUT2D eigenvalue weighted by Crippen LogP contribution is -2.54. The average Bonchev–Trinajstić information content (AvgIpc) is 2.99. The maximum atomic E-state index is 12.9. The zero-order valence-electron chi connectivity index (χ0n) is 13.8. The van der Waals surface area contributed by atoms with E-state index in [2.05, 4.69) is 0 Å². The van der Waals surface area contributed by atoms with Gasteiger partial charge in [-0.15, -0.1) is 0 Å². The molecule has 2 heterocycles. The normalized spacial score (nSPS) is 20.4. The molecular weight excluding hydrogens is 353 g/mol. The van der Waals surface area contributed by atoms with Crippen LogP contribution in [0.4, 0.5) is 0 Å². The lowest BCUT2D eigenvalue weighted by Gasteiger charge is -2.40. The summed E-state index contributed by atoms with van der Waals surface area (Å²) in [6.07, 6.45) is 1.35. The number of amides is 1. The molecule has 2 aliphatic heterocycles. The van der Waals surface area contributed by atoms with E-state index in [9.17, 15) is 4.79 Å². The van der Waals surface area contributed by atoms with Crippen LogP contribution >= 0.6 is 23.2 Å². The SMILES string of the molecule is CC(C)(Oc1cc(Cl)ccc1Cl)C(=O)N1CCC2(CC1)OCCO2. The number of benzene rings is 1. The van der Waals surface area contributed by atoms with Crippen molar-refractivity contribution in [3.63, 3.8) is 0 Å². The Labute approximate surface area is 151 Å². The molecule has 0 unspecified atom stereocenters. The van der Waals surface area contributed by atoms with Gasteiger partial charge in [0.25, 0.3) is 5.91 Å². The first-order chi connectivity index (χ1) is 11.3. The van der Waals surface area contributed by atoms with Crippen molar-refractivity contribution >= 4 is 29.1 Å². The van der Waals surface area contributed by atoms with Crippen LogP contribution in [0.5, 0.6) is 5.75 Å². The van der Waals surface area contributed by atoms with E-state index in [0.717, 1.165) is 0 Å². The number of carbonyl (C=O) groups excluding carboxylic acids is 1. The molecule has 5 nitrogen and oxygen atoms in total. The monoisotopic (exact) mass is 373 g/mol. The fourth-order valence-corrected chi connectivity index (χ4v) is 3.41. The van der Waals surface area contributed by atoms with Gasteiger partial charge in [-0.1, -0.05) is 23.2 Å². The molecule has 0 saturated carbocycles. The van der Waals surface area contributed by atoms with E-state index < -0.39 is 11.4 Å². The summed E-state index contributed by atoms with van der Waals surface area (Å²) < 4.78 is 17.3. The van der Waals surface area contributed by atoms with E-state index in [1.165, 1.54) is 0 Å². The predicted octanol–water partition coefficient (Wildman–Crippen LogP) is 3.52. The van der Waals surface area contributed by atoms with E-state index in [1.54, 1.807) is 36.9 Å². The molecule has 1 aromatic carbocycles. The fraction of sp³-hybridized carbons (Fsp3) is 0.588. The minimum Gasteiger partial charge on any atom is -0.476 e. The van der Waals surface area contributed by atoms with Crippen LogP contribution in [-0.2, 0) is 14.3 Å². The van der Waals surface area contributed by atoms with Crippen LogP contribution in [0.15, 0.2) is 18.2 Å². The van der Waals surface area contributed by atoms with Gasteiger partial charge >= 0.3 is 0 Å². The van der Waals surface area contributed by atoms with Crippen LogP contribution in [0.25, 0.3) is 0 Å². The van der Waals surface area contributed by atoms with Crippen LogP contribution in [0.3, 0.4) is 0 Å². The van der Waals surface area contributed by atoms with Gasteiger partial charge in [0, 0.05) is 37.0 Å². The third kappa shape index (κ3) is 3.64. The molecule has 7 heteroatoms. The van der Waals surface area contributed by atoms with E-state index >= 15 is 0 Å². The van der Waals surface area contributed by atoms with E-state index in [1.807, 2.05) is 0 Å². The van der Waals surface area contributed by atoms with E-state index in [4.69, 9.17) is 37.4 Å². The lowest BCUT2D eigenvalue weighted by molar-refractivity contribution is -0.190. The van der Waals surface area contributed by atoms with Gasteiger partial charge in [-0.2, -0.15) is 0 Å². The number of nitrogens with zero attached hydrogens (tertiary/aromatic N) is 1. The number of ether oxygens (including phenoxy) is 3. The summed E-state index contributed by atoms with van der Waals surface area (Å²) in [6.45, 7) is 5.87. The molecule has 1 aromatic rings. The van der Waals surface area contributed by atoms with Crippen molar-refractivity contribution in [1.29, 1.82) is 0 Å². The topological polar surface area (TPSA) is 48.0 Å². The molecule has 0 radical (unpaired) electrons. The first-order valence-electron chi connectivity index (χ1n) is 8.03. The standard InChI is InChI=1S/C17H21Cl2NO4/c1-16(2,24-14-11-12(18)3-4-13(14)19)15(21)20-7-5-17(6-8-20)22-9-10-23-17/h3-4,11H,5-10H2,1-2H3. The second-order valence-corrected chi connectivity index (χ2v) is 7.43. The van der Waals surface area contributed by atoms with Gasteiger partial charge in [-0.25, -0.2) is 0 Å². The molecule has 2 aliphatic rings. The molecular formula is C17H21Cl2NO4. The Morgan fingerprint density at radius 2 is 1.83 bits per heavy atom. The highest BCUT2D eigenvalue weighted by molar-refractivity contribution is 6.34. The molecule has 0 aliphatic carbocycles. The highest BCUT2D eigenvalue weighted by Crippen LogP contribution is 2.34. The van der Waals surface area contributed by atoms with Gasteiger partial charge in [-0.05, 0) is 26.0 Å². The van der Waals surface area contributed by atoms with Crippen molar-refractivity contribution in [3.8, 4) is 5.75 Å². The molecule has 0 aromatic heterocycles. The third-order valence-electron chi connectivity index (χ3n) is 4.40. The molecule has 1 amide bonds. The maximum absolute atomic E-state index is 12.9. The number of hydrogen-bond acceptors (Lipinski definition) is 4. The first-order valence-corrected chi connectivity index (χ1v) is 8.78. The van der Waals surface area contributed by atoms with Crippen LogP contribution in [0, 0.1) is 0 Å². The second kappa shape index (κ2) is 6.71. The van der Waals surface area contributed by atoms with Crippen molar-refractivity contribution in [2.75, 3.05) is 26.3 Å². The fourth-order valence-electron chi connectivity index (χ4n) is 3.09. The van der Waals surface area contributed by atoms with Crippen LogP contribution in [-0.4, -0.2) is 48.5 Å². The zero-order valence-corrected chi connectivity index (χ0v) is 15.3. The molecule has 132 valence electrons. The van der Waals surface area contributed by atoms with Crippen molar-refractivity contribution in [2.45, 2.75) is 38.1 Å². The highest BCUT2D eigenvalue weighted by Gasteiger charge is 2.43. The van der Waals surface area contributed by atoms with E-state index in [0.29, 0.717) is 54.9 Å². The Hall–Kier alpha value is -1.01. The Balaban J connectivity index is 1.66. The maximum Gasteiger partial charge on any atom is 0.266 e. The number of likely N-dealkylation sites (tertiary alicyclic amines) is 1. The van der Waals surface area contributed by atoms with Crippen molar-refractivity contribution in [1.82, 2.24) is 4.90 Å². The van der Waals surface area contributed by atoms with Gasteiger partial charge in [0.15, 0.2) is 11.4 Å². The van der Waals surface area contributed by atoms with Crippen LogP contribution in [0.1, 0.15) is 26.7 Å². The van der Waals surface area contributed by atoms with Gasteiger partial charge in [-0.3, -0.25) is 4.79 Å². The summed E-state index contributed by atoms with van der Waals surface area (Å²) in [6, 6.07) is 4.95. The molecule has 3 rings (SSSR count). The Bertz CT molecular complexity index is 619. The molecule has 2 fully saturated rings. The van der Waals surface area contributed by atoms with Crippen molar-refractivity contribution < 1.29 is 19.0 Å². The van der Waals surface area contributed by atoms with Gasteiger partial charge < -0.3 is 19.1 Å². The van der Waals surface area contributed by atoms with Crippen molar-refractivity contribution in [3.05, 3.63) is 28.2 Å². The highest BCUT2D eigenvalue weighted by atomic mass is 35.5. The Morgan fingerprint density at radius 1 is 1.21 bits per heavy atom. The summed E-state index contributed by atoms with van der Waals surface area (Å²) in [5.41, 5.74) is -1.05. The quantitative estimate of drug-likeness (QED) is 0.813. The molecule has 0 bridgehead atoms. The van der Waals surface area contributed by atoms with Gasteiger partial charge in [0.2, 0.25) is 0 Å². The Kier molecular flexibility index (Phi) is 4.98. The lowest BCUT2D eigenvalue weighted by atomic mass is 10.0. The van der Waals surface area contributed by atoms with Gasteiger partial charge in [0.1, 0.15) is 5.75 Å². The second-order valence-electron chi connectivity index (χ2n) is 6.59. The minimum absolute atomic E-state index is 0.0913. The summed E-state index contributed by atoms with van der Waals surface area (Å²) in [7, 11) is 0. The number of piperidine rings is 1. The minimum atomic E-state index is -1.05. The first kappa shape index (κ1) is 17.8. The largest absolute Gasteiger partial charge is 0.476 e. The van der Waals surface area contributed by atoms with E-state index in [-0.39, 0.29) is 5.91 Å². The summed E-state index contributed by atoms with van der Waals surface area (Å²) in [4.78, 5) is 14.7. The average molecular weight is 374 g/mol. The number of carbonyl (C=O) groups is 1. The van der Waals surface area contributed by atoms with Crippen molar-refractivity contribution in [2.24, 2.45) is 0 Å². The molecule has 1 spiro atoms. The summed E-state index contributed by atoms with van der Waals surface area (Å²) in [5, 5.41) is 0.929. The number of halogens is 2. The smallest absolute Gasteiger partial charge is 0.266 e. The predicted molar refractivity (Wildman–Crippen MR) is 91.6 cm³/mol. The molecule has 0 N–H and O–H groups in total. The molecule has 0 atom stereocenters. The third-order valence-corrected chi connectivity index (χ3v) is 4.95.